The minimum atomic E-state index is -2.24. The molecule has 1 saturated carbocycles. The van der Waals surface area contributed by atoms with Crippen LogP contribution in [0.4, 0.5) is 8.78 Å². The van der Waals surface area contributed by atoms with Gasteiger partial charge in [-0.25, -0.2) is 8.78 Å². The van der Waals surface area contributed by atoms with E-state index in [1.165, 1.54) is 30.2 Å². The smallest absolute Gasteiger partial charge is 0.247 e. The second-order valence-corrected chi connectivity index (χ2v) is 5.10. The van der Waals surface area contributed by atoms with Gasteiger partial charge >= 0.3 is 0 Å². The van der Waals surface area contributed by atoms with Crippen LogP contribution in [-0.2, 0) is 6.54 Å². The number of nitrogens with one attached hydrogen (secondary N) is 1. The van der Waals surface area contributed by atoms with Gasteiger partial charge in [-0.05, 0) is 30.5 Å². The summed E-state index contributed by atoms with van der Waals surface area (Å²) in [7, 11) is 0. The molecule has 4 heteroatoms. The fraction of sp³-hybridized carbons (Fsp3) is 0.500. The van der Waals surface area contributed by atoms with Crippen molar-refractivity contribution in [3.63, 3.8) is 0 Å². The molecule has 1 aliphatic carbocycles. The van der Waals surface area contributed by atoms with Crippen LogP contribution in [0.25, 0.3) is 0 Å². The van der Waals surface area contributed by atoms with Crippen molar-refractivity contribution in [1.29, 1.82) is 0 Å². The van der Waals surface area contributed by atoms with Gasteiger partial charge in [0.1, 0.15) is 0 Å². The highest BCUT2D eigenvalue weighted by molar-refractivity contribution is 7.99. The normalized spacial score (nSPS) is 15.7. The van der Waals surface area contributed by atoms with Crippen LogP contribution in [0, 0.1) is 0 Å². The quantitative estimate of drug-likeness (QED) is 0.769. The summed E-state index contributed by atoms with van der Waals surface area (Å²) in [6.45, 7) is 0.841. The van der Waals surface area contributed by atoms with E-state index in [0.717, 1.165) is 11.4 Å². The van der Waals surface area contributed by atoms with Crippen LogP contribution in [-0.4, -0.2) is 18.2 Å². The summed E-state index contributed by atoms with van der Waals surface area (Å²) in [5.41, 5.74) is 1.17. The standard InChI is InChI=1S/C12H15F2NS/c13-12(14)8-16-11-3-1-2-9(6-11)7-15-10-4-5-10/h1-3,6,10,12,15H,4-5,7-8H2. The summed E-state index contributed by atoms with van der Waals surface area (Å²) in [6, 6.07) is 8.51. The van der Waals surface area contributed by atoms with E-state index >= 15 is 0 Å². The maximum Gasteiger partial charge on any atom is 0.247 e. The molecule has 0 bridgehead atoms. The topological polar surface area (TPSA) is 12.0 Å². The number of halogens is 2. The Kier molecular flexibility index (Phi) is 4.18. The van der Waals surface area contributed by atoms with Crippen molar-refractivity contribution in [3.05, 3.63) is 29.8 Å². The predicted octanol–water partition coefficient (Wildman–Crippen LogP) is 3.30. The van der Waals surface area contributed by atoms with Gasteiger partial charge in [0.25, 0.3) is 0 Å². The molecule has 1 fully saturated rings. The fourth-order valence-corrected chi connectivity index (χ4v) is 2.18. The third-order valence-corrected chi connectivity index (χ3v) is 3.45. The molecule has 0 heterocycles. The van der Waals surface area contributed by atoms with E-state index < -0.39 is 6.43 Å². The van der Waals surface area contributed by atoms with E-state index in [0.29, 0.717) is 6.04 Å². The van der Waals surface area contributed by atoms with Crippen LogP contribution in [0.5, 0.6) is 0 Å². The summed E-state index contributed by atoms with van der Waals surface area (Å²) < 4.78 is 24.1. The Morgan fingerprint density at radius 3 is 2.88 bits per heavy atom. The highest BCUT2D eigenvalue weighted by atomic mass is 32.2. The third kappa shape index (κ3) is 4.10. The molecule has 0 radical (unpaired) electrons. The molecule has 0 amide bonds. The minimum Gasteiger partial charge on any atom is -0.310 e. The van der Waals surface area contributed by atoms with Gasteiger partial charge in [0.05, 0.1) is 5.75 Å². The molecule has 0 atom stereocenters. The lowest BCUT2D eigenvalue weighted by Gasteiger charge is -2.06. The van der Waals surface area contributed by atoms with Gasteiger partial charge in [0.15, 0.2) is 0 Å². The summed E-state index contributed by atoms with van der Waals surface area (Å²) in [4.78, 5) is 0.926. The molecule has 0 spiro atoms. The van der Waals surface area contributed by atoms with Crippen molar-refractivity contribution >= 4 is 11.8 Å². The van der Waals surface area contributed by atoms with Crippen molar-refractivity contribution in [3.8, 4) is 0 Å². The lowest BCUT2D eigenvalue weighted by atomic mass is 10.2. The number of rotatable bonds is 6. The van der Waals surface area contributed by atoms with Gasteiger partial charge in [-0.2, -0.15) is 0 Å². The summed E-state index contributed by atoms with van der Waals surface area (Å²) in [5.74, 6) is -0.125. The number of hydrogen-bond acceptors (Lipinski definition) is 2. The van der Waals surface area contributed by atoms with Crippen LogP contribution in [0.15, 0.2) is 29.2 Å². The molecule has 1 aliphatic rings. The lowest BCUT2D eigenvalue weighted by molar-refractivity contribution is 0.177. The van der Waals surface area contributed by atoms with Crippen LogP contribution >= 0.6 is 11.8 Å². The Morgan fingerprint density at radius 1 is 1.38 bits per heavy atom. The lowest BCUT2D eigenvalue weighted by Crippen LogP contribution is -2.15. The monoisotopic (exact) mass is 243 g/mol. The first-order valence-corrected chi connectivity index (χ1v) is 6.46. The van der Waals surface area contributed by atoms with Gasteiger partial charge in [-0.3, -0.25) is 0 Å². The van der Waals surface area contributed by atoms with Crippen molar-refractivity contribution in [2.24, 2.45) is 0 Å². The highest BCUT2D eigenvalue weighted by Gasteiger charge is 2.19. The van der Waals surface area contributed by atoms with Crippen LogP contribution in [0.3, 0.4) is 0 Å². The molecule has 88 valence electrons. The van der Waals surface area contributed by atoms with Crippen molar-refractivity contribution in [1.82, 2.24) is 5.32 Å². The SMILES string of the molecule is FC(F)CSc1cccc(CNC2CC2)c1. The minimum absolute atomic E-state index is 0.125. The molecule has 16 heavy (non-hydrogen) atoms. The Morgan fingerprint density at radius 2 is 2.19 bits per heavy atom. The van der Waals surface area contributed by atoms with E-state index in [9.17, 15) is 8.78 Å². The average Bonchev–Trinajstić information content (AvgIpc) is 3.08. The van der Waals surface area contributed by atoms with E-state index in [1.54, 1.807) is 0 Å². The van der Waals surface area contributed by atoms with Crippen molar-refractivity contribution in [2.75, 3.05) is 5.75 Å². The second kappa shape index (κ2) is 5.64. The van der Waals surface area contributed by atoms with E-state index in [-0.39, 0.29) is 5.75 Å². The molecule has 1 aromatic rings. The fourth-order valence-electron chi connectivity index (χ4n) is 1.45. The van der Waals surface area contributed by atoms with Crippen LogP contribution in [0.1, 0.15) is 18.4 Å². The Hall–Kier alpha value is -0.610. The van der Waals surface area contributed by atoms with Gasteiger partial charge < -0.3 is 5.32 Å². The molecule has 1 nitrogen and oxygen atoms in total. The molecule has 0 aliphatic heterocycles. The van der Waals surface area contributed by atoms with Crippen molar-refractivity contribution < 1.29 is 8.78 Å². The van der Waals surface area contributed by atoms with E-state index in [4.69, 9.17) is 0 Å². The molecule has 0 unspecified atom stereocenters. The largest absolute Gasteiger partial charge is 0.310 e. The van der Waals surface area contributed by atoms with E-state index in [2.05, 4.69) is 5.32 Å². The number of alkyl halides is 2. The van der Waals surface area contributed by atoms with Crippen LogP contribution in [0.2, 0.25) is 0 Å². The van der Waals surface area contributed by atoms with Crippen LogP contribution < -0.4 is 5.32 Å². The number of thioether (sulfide) groups is 1. The highest BCUT2D eigenvalue weighted by Crippen LogP contribution is 2.22. The first-order chi connectivity index (χ1) is 7.74. The second-order valence-electron chi connectivity index (χ2n) is 4.00. The Balaban J connectivity index is 1.84. The molecule has 1 aromatic carbocycles. The molecule has 1 N–H and O–H groups in total. The maximum absolute atomic E-state index is 12.0. The summed E-state index contributed by atoms with van der Waals surface area (Å²) in [5, 5.41) is 3.41. The van der Waals surface area contributed by atoms with Crippen molar-refractivity contribution in [2.45, 2.75) is 36.7 Å². The van der Waals surface area contributed by atoms with Gasteiger partial charge in [-0.15, -0.1) is 11.8 Å². The number of hydrogen-bond donors (Lipinski definition) is 1. The molecular weight excluding hydrogens is 228 g/mol. The zero-order chi connectivity index (χ0) is 11.4. The Bertz CT molecular complexity index is 318. The first kappa shape index (κ1) is 11.9. The molecule has 2 rings (SSSR count). The van der Waals surface area contributed by atoms with Gasteiger partial charge in [0.2, 0.25) is 6.43 Å². The molecular formula is C12H15F2NS. The van der Waals surface area contributed by atoms with Gasteiger partial charge in [-0.1, -0.05) is 12.1 Å². The summed E-state index contributed by atoms with van der Waals surface area (Å²) >= 11 is 1.21. The summed E-state index contributed by atoms with van der Waals surface area (Å²) in [6.07, 6.45) is 0.290. The third-order valence-electron chi connectivity index (χ3n) is 2.45. The Labute approximate surface area is 98.6 Å². The predicted molar refractivity (Wildman–Crippen MR) is 63.0 cm³/mol. The zero-order valence-corrected chi connectivity index (χ0v) is 9.77. The molecule has 0 saturated heterocycles. The average molecular weight is 243 g/mol. The van der Waals surface area contributed by atoms with E-state index in [1.807, 2.05) is 24.3 Å². The molecule has 0 aromatic heterocycles. The maximum atomic E-state index is 12.0. The number of benzene rings is 1. The zero-order valence-electron chi connectivity index (χ0n) is 8.96. The van der Waals surface area contributed by atoms with Gasteiger partial charge in [0, 0.05) is 17.5 Å². The first-order valence-electron chi connectivity index (χ1n) is 5.47.